The minimum absolute atomic E-state index is 0.00874. The maximum absolute atomic E-state index is 13.5. The molecule has 0 aliphatic heterocycles. The van der Waals surface area contributed by atoms with Crippen LogP contribution in [-0.4, -0.2) is 60.5 Å². The molecule has 0 aliphatic carbocycles. The van der Waals surface area contributed by atoms with Gasteiger partial charge in [0.05, 0.1) is 34.4 Å². The van der Waals surface area contributed by atoms with Crippen LogP contribution in [0.5, 0.6) is 11.5 Å². The third-order valence-corrected chi connectivity index (χ3v) is 11.1. The first-order valence-corrected chi connectivity index (χ1v) is 22.9. The lowest BCUT2D eigenvalue weighted by molar-refractivity contribution is -0.127. The van der Waals surface area contributed by atoms with E-state index in [1.165, 1.54) is 54.6 Å². The van der Waals surface area contributed by atoms with Gasteiger partial charge in [0.15, 0.2) is 11.6 Å². The van der Waals surface area contributed by atoms with Crippen LogP contribution in [0.4, 0.5) is 34.1 Å². The molecule has 2 unspecified atom stereocenters. The second-order valence-corrected chi connectivity index (χ2v) is 16.0. The number of rotatable bonds is 21. The van der Waals surface area contributed by atoms with Gasteiger partial charge >= 0.3 is 0 Å². The van der Waals surface area contributed by atoms with Crippen LogP contribution in [0.2, 0.25) is 10.0 Å². The van der Waals surface area contributed by atoms with Crippen LogP contribution in [0.3, 0.4) is 0 Å². The first-order valence-electron chi connectivity index (χ1n) is 20.6. The van der Waals surface area contributed by atoms with Gasteiger partial charge in [0.25, 0.3) is 23.6 Å². The summed E-state index contributed by atoms with van der Waals surface area (Å²) < 4.78 is 11.1. The van der Waals surface area contributed by atoms with Crippen molar-refractivity contribution >= 4 is 127 Å². The van der Waals surface area contributed by atoms with Crippen molar-refractivity contribution in [2.45, 2.75) is 57.4 Å². The van der Waals surface area contributed by atoms with E-state index in [1.54, 1.807) is 36.4 Å². The number of amides is 4. The fraction of sp³-hybridized carbons (Fsp3) is 0.234. The number of nitrogens with zero attached hydrogens (tertiary/aromatic N) is 4. The van der Waals surface area contributed by atoms with Crippen LogP contribution in [0.25, 0.3) is 0 Å². The first-order chi connectivity index (χ1) is 32.6. The monoisotopic (exact) mass is 1020 g/mol. The maximum atomic E-state index is 13.5. The van der Waals surface area contributed by atoms with Gasteiger partial charge in [0.1, 0.15) is 22.9 Å². The van der Waals surface area contributed by atoms with Gasteiger partial charge in [0.2, 0.25) is 12.1 Å². The molecule has 0 fully saturated rings. The van der Waals surface area contributed by atoms with Crippen molar-refractivity contribution in [3.63, 3.8) is 0 Å². The Bertz CT molecular complexity index is 2790. The van der Waals surface area contributed by atoms with Crippen LogP contribution in [0, 0.1) is 0 Å². The molecule has 0 aliphatic rings. The Morgan fingerprint density at radius 2 is 1.00 bits per heavy atom. The van der Waals surface area contributed by atoms with E-state index in [1.807, 2.05) is 13.8 Å². The predicted molar refractivity (Wildman–Crippen MR) is 264 cm³/mol. The highest BCUT2D eigenvalue weighted by molar-refractivity contribution is 6.37. The molecule has 0 radical (unpaired) electrons. The minimum atomic E-state index is -1.64. The van der Waals surface area contributed by atoms with E-state index in [9.17, 15) is 28.8 Å². The highest BCUT2D eigenvalue weighted by Crippen LogP contribution is 2.33. The van der Waals surface area contributed by atoms with Crippen LogP contribution < -0.4 is 30.7 Å². The Morgan fingerprint density at radius 3 is 1.41 bits per heavy atom. The molecule has 4 N–H and O–H groups in total. The molecule has 21 heteroatoms. The smallest absolute Gasteiger partial charge is 0.258 e. The number of carbonyl (C=O) groups excluding carboxylic acids is 6. The molecular formula is C47H43Cl5N8O8. The van der Waals surface area contributed by atoms with Crippen molar-refractivity contribution < 1.29 is 38.2 Å². The van der Waals surface area contributed by atoms with Crippen molar-refractivity contribution in [3.8, 4) is 11.5 Å². The number of carbonyl (C=O) groups is 6. The van der Waals surface area contributed by atoms with E-state index < -0.39 is 47.3 Å². The van der Waals surface area contributed by atoms with Gasteiger partial charge in [-0.2, -0.15) is 20.5 Å². The number of hydrogen-bond donors (Lipinski definition) is 4. The number of hydrogen-bond acceptors (Lipinski definition) is 12. The fourth-order valence-electron chi connectivity index (χ4n) is 6.25. The number of alkyl halides is 3. The van der Waals surface area contributed by atoms with Crippen molar-refractivity contribution in [1.82, 2.24) is 0 Å². The van der Waals surface area contributed by atoms with Crippen LogP contribution in [0.1, 0.15) is 65.1 Å². The molecule has 0 saturated carbocycles. The maximum Gasteiger partial charge on any atom is 0.258 e. The Labute approximate surface area is 416 Å². The van der Waals surface area contributed by atoms with Crippen LogP contribution in [0.15, 0.2) is 111 Å². The van der Waals surface area contributed by atoms with Crippen molar-refractivity contribution in [2.75, 3.05) is 34.5 Å². The summed E-state index contributed by atoms with van der Waals surface area (Å²) in [5.74, 6) is -2.96. The standard InChI is InChI=1S/C47H43Cl5N8O8/c1-5-67-33-17-27(22-48)15-31(20-33)54-44(63)35-9-7-11-38(40(35)51)57-59-42(25(3)61)46(65)53-30-13-14-37(29(19-30)24-50)56-47(66)43(26(4)62)60-58-39-12-8-10-36(41(39)52)45(64)55-32-16-28(23-49)18-34(21-32)68-6-2/h7-21,42-43H,5-6,22-24H2,1-4H3,(H,53,65)(H,54,63)(H,55,64)(H,56,66). The second kappa shape index (κ2) is 25.1. The molecule has 2 atom stereocenters. The normalized spacial score (nSPS) is 12.0. The Morgan fingerprint density at radius 1 is 0.544 bits per heavy atom. The summed E-state index contributed by atoms with van der Waals surface area (Å²) in [6.45, 7) is 6.76. The number of Topliss-reactive ketones (excluding diaryl/α,β-unsaturated/α-hetero) is 2. The molecule has 68 heavy (non-hydrogen) atoms. The predicted octanol–water partition coefficient (Wildman–Crippen LogP) is 11.9. The molecule has 5 rings (SSSR count). The average Bonchev–Trinajstić information content (AvgIpc) is 3.30. The summed E-state index contributed by atoms with van der Waals surface area (Å²) in [6.07, 6.45) is 0. The average molecular weight is 1030 g/mol. The Balaban J connectivity index is 1.26. The largest absolute Gasteiger partial charge is 0.494 e. The van der Waals surface area contributed by atoms with Crippen LogP contribution >= 0.6 is 58.0 Å². The fourth-order valence-corrected chi connectivity index (χ4v) is 7.28. The second-order valence-electron chi connectivity index (χ2n) is 14.5. The highest BCUT2D eigenvalue weighted by atomic mass is 35.5. The number of ether oxygens (including phenoxy) is 2. The van der Waals surface area contributed by atoms with E-state index in [2.05, 4.69) is 41.7 Å². The molecule has 5 aromatic rings. The van der Waals surface area contributed by atoms with Gasteiger partial charge in [-0.15, -0.1) is 34.8 Å². The van der Waals surface area contributed by atoms with Crippen molar-refractivity contribution in [2.24, 2.45) is 20.5 Å². The molecule has 4 amide bonds. The number of halogens is 5. The molecule has 16 nitrogen and oxygen atoms in total. The van der Waals surface area contributed by atoms with Gasteiger partial charge < -0.3 is 30.7 Å². The van der Waals surface area contributed by atoms with E-state index in [0.29, 0.717) is 47.2 Å². The number of ketones is 2. The topological polar surface area (TPSA) is 218 Å². The number of nitrogens with one attached hydrogen (secondary N) is 4. The quantitative estimate of drug-likeness (QED) is 0.0314. The summed E-state index contributed by atoms with van der Waals surface area (Å²) in [6, 6.07) is 20.0. The third kappa shape index (κ3) is 14.1. The lowest BCUT2D eigenvalue weighted by atomic mass is 10.1. The first kappa shape index (κ1) is 52.5. The van der Waals surface area contributed by atoms with E-state index in [-0.39, 0.29) is 61.6 Å². The molecule has 0 bridgehead atoms. The molecule has 354 valence electrons. The van der Waals surface area contributed by atoms with Gasteiger partial charge in [0, 0.05) is 52.5 Å². The molecule has 0 aromatic heterocycles. The zero-order chi connectivity index (χ0) is 49.5. The van der Waals surface area contributed by atoms with E-state index >= 15 is 0 Å². The Hall–Kier alpha value is -6.43. The number of azo groups is 2. The Kier molecular flexibility index (Phi) is 19.4. The highest BCUT2D eigenvalue weighted by Gasteiger charge is 2.27. The lowest BCUT2D eigenvalue weighted by Crippen LogP contribution is -2.32. The van der Waals surface area contributed by atoms with Gasteiger partial charge in [-0.3, -0.25) is 28.8 Å². The van der Waals surface area contributed by atoms with E-state index in [4.69, 9.17) is 67.5 Å². The minimum Gasteiger partial charge on any atom is -0.494 e. The SMILES string of the molecule is CCOc1cc(CCl)cc(NC(=O)c2cccc(N=NC(C(C)=O)C(=O)Nc3ccc(NC(=O)C(N=Nc4cccc(C(=O)Nc5cc(CCl)cc(OCC)c5)c4Cl)C(C)=O)c(CCl)c3)c2Cl)c1. The van der Waals surface area contributed by atoms with Crippen LogP contribution in [-0.2, 0) is 36.8 Å². The molecule has 0 saturated heterocycles. The third-order valence-electron chi connectivity index (χ3n) is 9.43. The summed E-state index contributed by atoms with van der Waals surface area (Å²) in [4.78, 5) is 78.7. The molecule has 0 heterocycles. The summed E-state index contributed by atoms with van der Waals surface area (Å²) in [5.41, 5.74) is 3.03. The summed E-state index contributed by atoms with van der Waals surface area (Å²) >= 11 is 31.4. The molecule has 5 aromatic carbocycles. The van der Waals surface area contributed by atoms with Gasteiger partial charge in [-0.25, -0.2) is 0 Å². The zero-order valence-corrected chi connectivity index (χ0v) is 40.6. The number of anilines is 4. The summed E-state index contributed by atoms with van der Waals surface area (Å²) in [5, 5.41) is 26.6. The van der Waals surface area contributed by atoms with Gasteiger partial charge in [-0.1, -0.05) is 35.3 Å². The van der Waals surface area contributed by atoms with Gasteiger partial charge in [-0.05, 0) is 111 Å². The lowest BCUT2D eigenvalue weighted by Gasteiger charge is -2.15. The molecular weight excluding hydrogens is 982 g/mol. The van der Waals surface area contributed by atoms with Crippen molar-refractivity contribution in [3.05, 3.63) is 129 Å². The zero-order valence-electron chi connectivity index (χ0n) is 36.8. The van der Waals surface area contributed by atoms with Crippen molar-refractivity contribution in [1.29, 1.82) is 0 Å². The molecule has 0 spiro atoms. The number of benzene rings is 5. The van der Waals surface area contributed by atoms with E-state index in [0.717, 1.165) is 19.4 Å². The summed E-state index contributed by atoms with van der Waals surface area (Å²) in [7, 11) is 0.